The highest BCUT2D eigenvalue weighted by molar-refractivity contribution is 5.79. The summed E-state index contributed by atoms with van der Waals surface area (Å²) in [5.74, 6) is 0.762. The van der Waals surface area contributed by atoms with Crippen molar-refractivity contribution in [1.82, 2.24) is 15.5 Å². The van der Waals surface area contributed by atoms with Crippen LogP contribution in [-0.2, 0) is 9.53 Å². The fraction of sp³-hybridized carbons (Fsp3) is 0.929. The van der Waals surface area contributed by atoms with Gasteiger partial charge in [-0.15, -0.1) is 0 Å². The molecule has 0 spiro atoms. The third-order valence-corrected chi connectivity index (χ3v) is 4.51. The van der Waals surface area contributed by atoms with Gasteiger partial charge in [0.25, 0.3) is 0 Å². The highest BCUT2D eigenvalue weighted by atomic mass is 16.5. The molecular weight excluding hydrogens is 242 g/mol. The number of hydrogen-bond donors (Lipinski definition) is 2. The van der Waals surface area contributed by atoms with Gasteiger partial charge in [-0.25, -0.2) is 0 Å². The van der Waals surface area contributed by atoms with E-state index in [1.54, 1.807) is 0 Å². The third-order valence-electron chi connectivity index (χ3n) is 4.51. The number of nitrogens with zero attached hydrogens (tertiary/aromatic N) is 1. The average Bonchev–Trinajstić information content (AvgIpc) is 2.93. The van der Waals surface area contributed by atoms with Gasteiger partial charge in [-0.05, 0) is 45.4 Å². The Morgan fingerprint density at radius 3 is 2.68 bits per heavy atom. The number of piperidine rings is 1. The molecule has 1 amide bonds. The summed E-state index contributed by atoms with van der Waals surface area (Å²) >= 11 is 0. The molecule has 2 fully saturated rings. The van der Waals surface area contributed by atoms with Crippen LogP contribution in [0.1, 0.15) is 19.8 Å². The largest absolute Gasteiger partial charge is 0.379 e. The van der Waals surface area contributed by atoms with Crippen molar-refractivity contribution < 1.29 is 9.53 Å². The number of rotatable bonds is 5. The number of amides is 1. The summed E-state index contributed by atoms with van der Waals surface area (Å²) in [7, 11) is 1.89. The SMILES string of the molecule is CCN1CCC(CNC(=O)C2COCC2NC)CC1. The number of likely N-dealkylation sites (tertiary alicyclic amines) is 1. The Morgan fingerprint density at radius 1 is 1.32 bits per heavy atom. The Kier molecular flexibility index (Phi) is 5.60. The van der Waals surface area contributed by atoms with Crippen LogP contribution in [0.15, 0.2) is 0 Å². The van der Waals surface area contributed by atoms with Crippen molar-refractivity contribution >= 4 is 5.91 Å². The molecule has 0 bridgehead atoms. The van der Waals surface area contributed by atoms with Gasteiger partial charge >= 0.3 is 0 Å². The molecule has 2 aliphatic rings. The zero-order valence-electron chi connectivity index (χ0n) is 12.2. The van der Waals surface area contributed by atoms with E-state index in [0.29, 0.717) is 19.1 Å². The molecule has 2 atom stereocenters. The van der Waals surface area contributed by atoms with Crippen molar-refractivity contribution in [2.45, 2.75) is 25.8 Å². The maximum atomic E-state index is 12.1. The molecule has 0 aromatic carbocycles. The summed E-state index contributed by atoms with van der Waals surface area (Å²) in [5.41, 5.74) is 0. The minimum absolute atomic E-state index is 0.0271. The molecule has 2 unspecified atom stereocenters. The molecule has 2 aliphatic heterocycles. The van der Waals surface area contributed by atoms with Crippen LogP contribution in [0.2, 0.25) is 0 Å². The maximum Gasteiger partial charge on any atom is 0.227 e. The van der Waals surface area contributed by atoms with Crippen molar-refractivity contribution in [2.75, 3.05) is 46.4 Å². The van der Waals surface area contributed by atoms with Gasteiger partial charge in [-0.3, -0.25) is 4.79 Å². The van der Waals surface area contributed by atoms with Crippen LogP contribution in [0.5, 0.6) is 0 Å². The lowest BCUT2D eigenvalue weighted by atomic mass is 9.96. The normalized spacial score (nSPS) is 29.6. The highest BCUT2D eigenvalue weighted by Gasteiger charge is 2.33. The van der Waals surface area contributed by atoms with Gasteiger partial charge < -0.3 is 20.3 Å². The second-order valence-corrected chi connectivity index (χ2v) is 5.66. The van der Waals surface area contributed by atoms with E-state index in [1.807, 2.05) is 7.05 Å². The van der Waals surface area contributed by atoms with E-state index in [9.17, 15) is 4.79 Å². The molecule has 2 rings (SSSR count). The first-order chi connectivity index (χ1) is 9.24. The van der Waals surface area contributed by atoms with Crippen LogP contribution < -0.4 is 10.6 Å². The second-order valence-electron chi connectivity index (χ2n) is 5.66. The first kappa shape index (κ1) is 14.8. The molecule has 2 heterocycles. The van der Waals surface area contributed by atoms with Crippen LogP contribution in [0.3, 0.4) is 0 Å². The fourth-order valence-corrected chi connectivity index (χ4v) is 2.98. The first-order valence-electron chi connectivity index (χ1n) is 7.49. The van der Waals surface area contributed by atoms with Gasteiger partial charge in [0.15, 0.2) is 0 Å². The lowest BCUT2D eigenvalue weighted by Gasteiger charge is -2.31. The summed E-state index contributed by atoms with van der Waals surface area (Å²) in [6.45, 7) is 7.70. The number of carbonyl (C=O) groups is 1. The molecule has 2 N–H and O–H groups in total. The van der Waals surface area contributed by atoms with Crippen molar-refractivity contribution in [2.24, 2.45) is 11.8 Å². The van der Waals surface area contributed by atoms with Crippen LogP contribution in [-0.4, -0.2) is 63.3 Å². The Balaban J connectivity index is 1.69. The van der Waals surface area contributed by atoms with Crippen LogP contribution in [0.4, 0.5) is 0 Å². The summed E-state index contributed by atoms with van der Waals surface area (Å²) in [5, 5.41) is 6.27. The van der Waals surface area contributed by atoms with E-state index in [4.69, 9.17) is 4.74 Å². The molecule has 0 aromatic heterocycles. The van der Waals surface area contributed by atoms with Crippen LogP contribution in [0.25, 0.3) is 0 Å². The fourth-order valence-electron chi connectivity index (χ4n) is 2.98. The van der Waals surface area contributed by atoms with Gasteiger partial charge in [0.1, 0.15) is 0 Å². The summed E-state index contributed by atoms with van der Waals surface area (Å²) < 4.78 is 5.37. The van der Waals surface area contributed by atoms with Crippen molar-refractivity contribution in [3.63, 3.8) is 0 Å². The molecule has 110 valence electrons. The smallest absolute Gasteiger partial charge is 0.227 e. The number of carbonyl (C=O) groups excluding carboxylic acids is 1. The van der Waals surface area contributed by atoms with E-state index in [-0.39, 0.29) is 17.9 Å². The van der Waals surface area contributed by atoms with E-state index < -0.39 is 0 Å². The minimum atomic E-state index is -0.0271. The molecule has 0 aromatic rings. The topological polar surface area (TPSA) is 53.6 Å². The number of hydrogen-bond acceptors (Lipinski definition) is 4. The van der Waals surface area contributed by atoms with Crippen molar-refractivity contribution in [3.8, 4) is 0 Å². The van der Waals surface area contributed by atoms with Crippen molar-refractivity contribution in [3.05, 3.63) is 0 Å². The van der Waals surface area contributed by atoms with Gasteiger partial charge in [0.2, 0.25) is 5.91 Å². The third kappa shape index (κ3) is 3.91. The van der Waals surface area contributed by atoms with E-state index >= 15 is 0 Å². The van der Waals surface area contributed by atoms with Gasteiger partial charge in [-0.1, -0.05) is 6.92 Å². The average molecular weight is 269 g/mol. The Morgan fingerprint density at radius 2 is 2.05 bits per heavy atom. The first-order valence-corrected chi connectivity index (χ1v) is 7.49. The molecule has 5 nitrogen and oxygen atoms in total. The molecular formula is C14H27N3O2. The van der Waals surface area contributed by atoms with Crippen LogP contribution in [0, 0.1) is 11.8 Å². The predicted molar refractivity (Wildman–Crippen MR) is 75.0 cm³/mol. The van der Waals surface area contributed by atoms with Crippen molar-refractivity contribution in [1.29, 1.82) is 0 Å². The van der Waals surface area contributed by atoms with E-state index in [1.165, 1.54) is 25.9 Å². The Hall–Kier alpha value is -0.650. The summed E-state index contributed by atoms with van der Waals surface area (Å²) in [6.07, 6.45) is 2.40. The lowest BCUT2D eigenvalue weighted by Crippen LogP contribution is -2.45. The molecule has 0 aliphatic carbocycles. The Labute approximate surface area is 116 Å². The summed E-state index contributed by atoms with van der Waals surface area (Å²) in [6, 6.07) is 0.168. The molecule has 19 heavy (non-hydrogen) atoms. The number of likely N-dealkylation sites (N-methyl/N-ethyl adjacent to an activating group) is 1. The molecule has 2 saturated heterocycles. The standard InChI is InChI=1S/C14H27N3O2/c1-3-17-6-4-11(5-7-17)8-16-14(18)12-9-19-10-13(12)15-2/h11-13,15H,3-10H2,1-2H3,(H,16,18). The zero-order valence-corrected chi connectivity index (χ0v) is 12.2. The zero-order chi connectivity index (χ0) is 13.7. The number of ether oxygens (including phenoxy) is 1. The molecule has 0 radical (unpaired) electrons. The predicted octanol–water partition coefficient (Wildman–Crippen LogP) is 0.0689. The maximum absolute atomic E-state index is 12.1. The quantitative estimate of drug-likeness (QED) is 0.741. The number of nitrogens with one attached hydrogen (secondary N) is 2. The van der Waals surface area contributed by atoms with Gasteiger partial charge in [-0.2, -0.15) is 0 Å². The Bertz CT molecular complexity index is 290. The van der Waals surface area contributed by atoms with E-state index in [2.05, 4.69) is 22.5 Å². The van der Waals surface area contributed by atoms with E-state index in [0.717, 1.165) is 13.1 Å². The summed E-state index contributed by atoms with van der Waals surface area (Å²) in [4.78, 5) is 14.6. The minimum Gasteiger partial charge on any atom is -0.379 e. The molecule has 0 saturated carbocycles. The highest BCUT2D eigenvalue weighted by Crippen LogP contribution is 2.17. The van der Waals surface area contributed by atoms with Gasteiger partial charge in [0.05, 0.1) is 19.1 Å². The van der Waals surface area contributed by atoms with Crippen LogP contribution >= 0.6 is 0 Å². The van der Waals surface area contributed by atoms with Gasteiger partial charge in [0, 0.05) is 12.6 Å². The molecule has 5 heteroatoms. The lowest BCUT2D eigenvalue weighted by molar-refractivity contribution is -0.125. The monoisotopic (exact) mass is 269 g/mol. The second kappa shape index (κ2) is 7.22.